The molecule has 0 atom stereocenters. The molecule has 0 saturated heterocycles. The van der Waals surface area contributed by atoms with E-state index >= 15 is 0 Å². The van der Waals surface area contributed by atoms with Crippen LogP contribution in [0.25, 0.3) is 0 Å². The number of rotatable bonds is 4. The summed E-state index contributed by atoms with van der Waals surface area (Å²) in [5, 5.41) is 7.85. The average molecular weight is 269 g/mol. The number of halogens is 1. The molecule has 0 aromatic heterocycles. The highest BCUT2D eigenvalue weighted by atomic mass is 19.1. The van der Waals surface area contributed by atoms with Gasteiger partial charge in [0.15, 0.2) is 0 Å². The van der Waals surface area contributed by atoms with E-state index in [-0.39, 0.29) is 5.82 Å². The Morgan fingerprint density at radius 3 is 2.15 bits per heavy atom. The zero-order valence-electron chi connectivity index (χ0n) is 11.5. The van der Waals surface area contributed by atoms with Crippen LogP contribution in [-0.2, 0) is 0 Å². The number of hydrogen-bond donors (Lipinski definition) is 0. The first-order valence-electron chi connectivity index (χ1n) is 6.24. The SMILES string of the molecule is CN(C)c1ccc(/C=N/N=C/c2cccc(F)c2)cc1. The van der Waals surface area contributed by atoms with E-state index in [2.05, 4.69) is 10.2 Å². The largest absolute Gasteiger partial charge is 0.378 e. The van der Waals surface area contributed by atoms with Gasteiger partial charge in [0.25, 0.3) is 0 Å². The molecule has 0 unspecified atom stereocenters. The number of anilines is 1. The topological polar surface area (TPSA) is 28.0 Å². The van der Waals surface area contributed by atoms with Gasteiger partial charge in [0.2, 0.25) is 0 Å². The van der Waals surface area contributed by atoms with E-state index in [1.807, 2.05) is 43.3 Å². The fourth-order valence-electron chi connectivity index (χ4n) is 1.65. The molecular formula is C16H16FN3. The second kappa shape index (κ2) is 6.61. The predicted octanol–water partition coefficient (Wildman–Crippen LogP) is 3.34. The van der Waals surface area contributed by atoms with Gasteiger partial charge in [-0.05, 0) is 35.4 Å². The molecule has 2 aromatic carbocycles. The lowest BCUT2D eigenvalue weighted by atomic mass is 10.2. The zero-order valence-corrected chi connectivity index (χ0v) is 11.5. The molecular weight excluding hydrogens is 253 g/mol. The van der Waals surface area contributed by atoms with Gasteiger partial charge < -0.3 is 4.90 Å². The Bertz CT molecular complexity index is 616. The van der Waals surface area contributed by atoms with E-state index < -0.39 is 0 Å². The summed E-state index contributed by atoms with van der Waals surface area (Å²) >= 11 is 0. The lowest BCUT2D eigenvalue weighted by molar-refractivity contribution is 0.627. The van der Waals surface area contributed by atoms with E-state index in [0.29, 0.717) is 5.56 Å². The molecule has 0 bridgehead atoms. The Kier molecular flexibility index (Phi) is 4.60. The molecule has 0 saturated carbocycles. The van der Waals surface area contributed by atoms with Crippen LogP contribution in [0.15, 0.2) is 58.7 Å². The van der Waals surface area contributed by atoms with Gasteiger partial charge >= 0.3 is 0 Å². The van der Waals surface area contributed by atoms with E-state index in [9.17, 15) is 4.39 Å². The van der Waals surface area contributed by atoms with Crippen molar-refractivity contribution in [3.63, 3.8) is 0 Å². The monoisotopic (exact) mass is 269 g/mol. The maximum Gasteiger partial charge on any atom is 0.123 e. The van der Waals surface area contributed by atoms with Crippen molar-refractivity contribution >= 4 is 18.1 Å². The third kappa shape index (κ3) is 4.02. The summed E-state index contributed by atoms with van der Waals surface area (Å²) in [4.78, 5) is 2.03. The van der Waals surface area contributed by atoms with Crippen molar-refractivity contribution in [1.29, 1.82) is 0 Å². The quantitative estimate of drug-likeness (QED) is 0.618. The molecule has 0 aliphatic rings. The van der Waals surface area contributed by atoms with Gasteiger partial charge in [-0.3, -0.25) is 0 Å². The Hall–Kier alpha value is -2.49. The minimum absolute atomic E-state index is 0.280. The van der Waals surface area contributed by atoms with Crippen molar-refractivity contribution in [3.8, 4) is 0 Å². The maximum atomic E-state index is 12.9. The molecule has 2 aromatic rings. The first kappa shape index (κ1) is 13.9. The molecule has 2 rings (SSSR count). The summed E-state index contributed by atoms with van der Waals surface area (Å²) < 4.78 is 12.9. The van der Waals surface area contributed by atoms with E-state index in [4.69, 9.17) is 0 Å². The normalized spacial score (nSPS) is 11.3. The summed E-state index contributed by atoms with van der Waals surface area (Å²) in [7, 11) is 3.98. The summed E-state index contributed by atoms with van der Waals surface area (Å²) in [6.45, 7) is 0. The average Bonchev–Trinajstić information content (AvgIpc) is 2.44. The molecule has 102 valence electrons. The van der Waals surface area contributed by atoms with Crippen molar-refractivity contribution in [2.24, 2.45) is 10.2 Å². The summed E-state index contributed by atoms with van der Waals surface area (Å²) in [5.41, 5.74) is 2.78. The molecule has 0 radical (unpaired) electrons. The van der Waals surface area contributed by atoms with Gasteiger partial charge in [-0.25, -0.2) is 4.39 Å². The fraction of sp³-hybridized carbons (Fsp3) is 0.125. The molecule has 20 heavy (non-hydrogen) atoms. The third-order valence-corrected chi connectivity index (χ3v) is 2.74. The van der Waals surface area contributed by atoms with Crippen LogP contribution in [-0.4, -0.2) is 26.5 Å². The molecule has 0 amide bonds. The first-order valence-corrected chi connectivity index (χ1v) is 6.24. The molecule has 4 heteroatoms. The molecule has 0 spiro atoms. The van der Waals surface area contributed by atoms with Gasteiger partial charge in [0, 0.05) is 19.8 Å². The van der Waals surface area contributed by atoms with E-state index in [1.54, 1.807) is 18.3 Å². The number of nitrogens with zero attached hydrogens (tertiary/aromatic N) is 3. The van der Waals surface area contributed by atoms with Crippen LogP contribution in [0.1, 0.15) is 11.1 Å². The smallest absolute Gasteiger partial charge is 0.123 e. The Morgan fingerprint density at radius 2 is 1.55 bits per heavy atom. The highest BCUT2D eigenvalue weighted by Gasteiger charge is 1.93. The summed E-state index contributed by atoms with van der Waals surface area (Å²) in [6.07, 6.45) is 3.18. The van der Waals surface area contributed by atoms with Crippen molar-refractivity contribution in [1.82, 2.24) is 0 Å². The number of benzene rings is 2. The third-order valence-electron chi connectivity index (χ3n) is 2.74. The minimum atomic E-state index is -0.280. The Balaban J connectivity index is 1.99. The first-order chi connectivity index (χ1) is 9.65. The van der Waals surface area contributed by atoms with Gasteiger partial charge in [-0.1, -0.05) is 24.3 Å². The van der Waals surface area contributed by atoms with Crippen molar-refractivity contribution in [3.05, 3.63) is 65.5 Å². The summed E-state index contributed by atoms with van der Waals surface area (Å²) in [5.74, 6) is -0.280. The Labute approximate surface area is 118 Å². The maximum absolute atomic E-state index is 12.9. The standard InChI is InChI=1S/C16H16FN3/c1-20(2)16-8-6-13(7-9-16)11-18-19-12-14-4-3-5-15(17)10-14/h3-12H,1-2H3/b18-11+,19-12+. The number of hydrogen-bond acceptors (Lipinski definition) is 3. The van der Waals surface area contributed by atoms with Gasteiger partial charge in [-0.15, -0.1) is 0 Å². The van der Waals surface area contributed by atoms with Crippen LogP contribution in [0.3, 0.4) is 0 Å². The molecule has 0 fully saturated rings. The fourth-order valence-corrected chi connectivity index (χ4v) is 1.65. The van der Waals surface area contributed by atoms with Crippen molar-refractivity contribution in [2.75, 3.05) is 19.0 Å². The second-order valence-electron chi connectivity index (χ2n) is 4.53. The minimum Gasteiger partial charge on any atom is -0.378 e. The van der Waals surface area contributed by atoms with Crippen molar-refractivity contribution in [2.45, 2.75) is 0 Å². The second-order valence-corrected chi connectivity index (χ2v) is 4.53. The molecule has 0 aliphatic heterocycles. The van der Waals surface area contributed by atoms with Gasteiger partial charge in [0.05, 0.1) is 12.4 Å². The van der Waals surface area contributed by atoms with E-state index in [1.165, 1.54) is 18.3 Å². The van der Waals surface area contributed by atoms with Crippen LogP contribution in [0.2, 0.25) is 0 Å². The molecule has 0 aliphatic carbocycles. The predicted molar refractivity (Wildman–Crippen MR) is 82.4 cm³/mol. The lowest BCUT2D eigenvalue weighted by Gasteiger charge is -2.11. The summed E-state index contributed by atoms with van der Waals surface area (Å²) in [6, 6.07) is 14.2. The highest BCUT2D eigenvalue weighted by molar-refractivity contribution is 5.83. The molecule has 0 N–H and O–H groups in total. The van der Waals surface area contributed by atoms with E-state index in [0.717, 1.165) is 11.3 Å². The van der Waals surface area contributed by atoms with Crippen LogP contribution in [0.4, 0.5) is 10.1 Å². The van der Waals surface area contributed by atoms with Crippen LogP contribution in [0.5, 0.6) is 0 Å². The zero-order chi connectivity index (χ0) is 14.4. The molecule has 3 nitrogen and oxygen atoms in total. The van der Waals surface area contributed by atoms with Crippen LogP contribution >= 0.6 is 0 Å². The Morgan fingerprint density at radius 1 is 0.900 bits per heavy atom. The van der Waals surface area contributed by atoms with Crippen molar-refractivity contribution < 1.29 is 4.39 Å². The van der Waals surface area contributed by atoms with Crippen LogP contribution < -0.4 is 4.90 Å². The highest BCUT2D eigenvalue weighted by Crippen LogP contribution is 2.10. The van der Waals surface area contributed by atoms with Gasteiger partial charge in [-0.2, -0.15) is 10.2 Å². The lowest BCUT2D eigenvalue weighted by Crippen LogP contribution is -2.08. The van der Waals surface area contributed by atoms with Gasteiger partial charge in [0.1, 0.15) is 5.82 Å². The van der Waals surface area contributed by atoms with Crippen LogP contribution in [0, 0.1) is 5.82 Å². The molecule has 0 heterocycles.